The highest BCUT2D eigenvalue weighted by Gasteiger charge is 2.14. The van der Waals surface area contributed by atoms with Crippen LogP contribution in [0.3, 0.4) is 0 Å². The fraction of sp³-hybridized carbons (Fsp3) is 0.143. The van der Waals surface area contributed by atoms with E-state index in [1.807, 2.05) is 60.0 Å². The van der Waals surface area contributed by atoms with Crippen molar-refractivity contribution < 1.29 is 13.9 Å². The molecule has 2 N–H and O–H groups in total. The number of nitrogens with one attached hydrogen (secondary N) is 2. The molecule has 4 aromatic rings. The van der Waals surface area contributed by atoms with E-state index in [9.17, 15) is 4.79 Å². The van der Waals surface area contributed by atoms with E-state index in [4.69, 9.17) is 9.15 Å². The van der Waals surface area contributed by atoms with Gasteiger partial charge in [0, 0.05) is 17.3 Å². The summed E-state index contributed by atoms with van der Waals surface area (Å²) in [5.41, 5.74) is 2.53. The minimum Gasteiger partial charge on any atom is -0.493 e. The largest absolute Gasteiger partial charge is 0.493 e. The molecule has 0 saturated carbocycles. The number of rotatable bonds is 6. The Bertz CT molecular complexity index is 1090. The first kappa shape index (κ1) is 18.1. The SMILES string of the molecule is COc1cccc2cc(-c3csc(NC(=O)NCCc4ccccc4)n3)oc12. The lowest BCUT2D eigenvalue weighted by Gasteiger charge is -2.05. The number of furan rings is 1. The van der Waals surface area contributed by atoms with E-state index in [1.165, 1.54) is 16.9 Å². The maximum Gasteiger partial charge on any atom is 0.321 e. The number of hydrogen-bond acceptors (Lipinski definition) is 5. The number of hydrogen-bond donors (Lipinski definition) is 2. The maximum absolute atomic E-state index is 12.1. The van der Waals surface area contributed by atoms with Gasteiger partial charge in [-0.15, -0.1) is 11.3 Å². The van der Waals surface area contributed by atoms with Gasteiger partial charge in [-0.05, 0) is 24.1 Å². The number of urea groups is 1. The van der Waals surface area contributed by atoms with Gasteiger partial charge < -0.3 is 14.5 Å². The Labute approximate surface area is 166 Å². The van der Waals surface area contributed by atoms with Crippen LogP contribution in [-0.4, -0.2) is 24.7 Å². The normalized spacial score (nSPS) is 10.8. The molecule has 2 amide bonds. The van der Waals surface area contributed by atoms with Gasteiger partial charge in [0.1, 0.15) is 5.69 Å². The van der Waals surface area contributed by atoms with Gasteiger partial charge in [-0.3, -0.25) is 5.32 Å². The van der Waals surface area contributed by atoms with Crippen LogP contribution in [0.4, 0.5) is 9.93 Å². The lowest BCUT2D eigenvalue weighted by Crippen LogP contribution is -2.30. The third-order valence-corrected chi connectivity index (χ3v) is 5.00. The second-order valence-electron chi connectivity index (χ2n) is 6.14. The van der Waals surface area contributed by atoms with E-state index in [1.54, 1.807) is 7.11 Å². The van der Waals surface area contributed by atoms with E-state index in [0.29, 0.717) is 34.5 Å². The Morgan fingerprint density at radius 3 is 2.86 bits per heavy atom. The average Bonchev–Trinajstić information content (AvgIpc) is 3.35. The minimum absolute atomic E-state index is 0.275. The first-order valence-corrected chi connectivity index (χ1v) is 9.72. The van der Waals surface area contributed by atoms with Gasteiger partial charge in [0.2, 0.25) is 0 Å². The molecule has 28 heavy (non-hydrogen) atoms. The zero-order valence-corrected chi connectivity index (χ0v) is 16.1. The minimum atomic E-state index is -0.275. The Balaban J connectivity index is 1.38. The number of nitrogens with zero attached hydrogens (tertiary/aromatic N) is 1. The van der Waals surface area contributed by atoms with Crippen molar-refractivity contribution in [3.63, 3.8) is 0 Å². The van der Waals surface area contributed by atoms with Crippen LogP contribution in [0.1, 0.15) is 5.56 Å². The average molecular weight is 393 g/mol. The quantitative estimate of drug-likeness (QED) is 0.487. The third-order valence-electron chi connectivity index (χ3n) is 4.25. The van der Waals surface area contributed by atoms with Crippen molar-refractivity contribution in [1.82, 2.24) is 10.3 Å². The predicted molar refractivity (Wildman–Crippen MR) is 111 cm³/mol. The lowest BCUT2D eigenvalue weighted by molar-refractivity contribution is 0.252. The Morgan fingerprint density at radius 1 is 1.18 bits per heavy atom. The molecule has 0 aliphatic rings. The second-order valence-corrected chi connectivity index (χ2v) is 7.00. The summed E-state index contributed by atoms with van der Waals surface area (Å²) in [6, 6.07) is 17.4. The molecule has 0 aliphatic heterocycles. The van der Waals surface area contributed by atoms with E-state index in [-0.39, 0.29) is 6.03 Å². The Hall–Kier alpha value is -3.32. The number of fused-ring (bicyclic) bond motifs is 1. The van der Waals surface area contributed by atoms with Crippen molar-refractivity contribution in [2.45, 2.75) is 6.42 Å². The van der Waals surface area contributed by atoms with Gasteiger partial charge in [0.05, 0.1) is 7.11 Å². The Kier molecular flexibility index (Phi) is 5.25. The van der Waals surface area contributed by atoms with Crippen molar-refractivity contribution in [2.75, 3.05) is 19.0 Å². The summed E-state index contributed by atoms with van der Waals surface area (Å²) >= 11 is 1.35. The molecule has 2 aromatic carbocycles. The number of benzene rings is 2. The van der Waals surface area contributed by atoms with Gasteiger partial charge in [0.25, 0.3) is 0 Å². The zero-order chi connectivity index (χ0) is 19.3. The number of carbonyl (C=O) groups excluding carboxylic acids is 1. The number of anilines is 1. The number of thiazole rings is 1. The number of carbonyl (C=O) groups is 1. The van der Waals surface area contributed by atoms with Crippen LogP contribution in [-0.2, 0) is 6.42 Å². The van der Waals surface area contributed by atoms with Gasteiger partial charge >= 0.3 is 6.03 Å². The molecule has 0 spiro atoms. The predicted octanol–water partition coefficient (Wildman–Crippen LogP) is 4.93. The molecule has 0 aliphatic carbocycles. The first-order chi connectivity index (χ1) is 13.7. The van der Waals surface area contributed by atoms with Crippen molar-refractivity contribution in [1.29, 1.82) is 0 Å². The summed E-state index contributed by atoms with van der Waals surface area (Å²) in [4.78, 5) is 16.5. The van der Waals surface area contributed by atoms with Crippen molar-refractivity contribution >= 4 is 33.5 Å². The zero-order valence-electron chi connectivity index (χ0n) is 15.3. The molecule has 0 atom stereocenters. The summed E-state index contributed by atoms with van der Waals surface area (Å²) < 4.78 is 11.2. The number of methoxy groups -OCH3 is 1. The summed E-state index contributed by atoms with van der Waals surface area (Å²) in [7, 11) is 1.61. The topological polar surface area (TPSA) is 76.4 Å². The molecule has 0 bridgehead atoms. The molecule has 0 unspecified atom stereocenters. The van der Waals surface area contributed by atoms with Crippen molar-refractivity contribution in [3.8, 4) is 17.2 Å². The number of amides is 2. The molecule has 0 saturated heterocycles. The third kappa shape index (κ3) is 3.99. The van der Waals surface area contributed by atoms with E-state index in [2.05, 4.69) is 15.6 Å². The molecule has 6 nitrogen and oxygen atoms in total. The highest BCUT2D eigenvalue weighted by molar-refractivity contribution is 7.14. The molecule has 2 heterocycles. The number of para-hydroxylation sites is 1. The van der Waals surface area contributed by atoms with E-state index in [0.717, 1.165) is 11.8 Å². The molecular formula is C21H19N3O3S. The fourth-order valence-electron chi connectivity index (χ4n) is 2.87. The molecule has 142 valence electrons. The van der Waals surface area contributed by atoms with E-state index >= 15 is 0 Å². The fourth-order valence-corrected chi connectivity index (χ4v) is 3.57. The Morgan fingerprint density at radius 2 is 2.04 bits per heavy atom. The monoisotopic (exact) mass is 393 g/mol. The van der Waals surface area contributed by atoms with Crippen LogP contribution in [0.2, 0.25) is 0 Å². The molecule has 7 heteroatoms. The van der Waals surface area contributed by atoms with Crippen LogP contribution < -0.4 is 15.4 Å². The number of ether oxygens (including phenoxy) is 1. The second kappa shape index (κ2) is 8.14. The smallest absolute Gasteiger partial charge is 0.321 e. The number of aromatic nitrogens is 1. The standard InChI is InChI=1S/C21H19N3O3S/c1-26-17-9-5-8-15-12-18(27-19(15)17)16-13-28-21(23-16)24-20(25)22-11-10-14-6-3-2-4-7-14/h2-9,12-13H,10-11H2,1H3,(H2,22,23,24,25). The molecule has 2 aromatic heterocycles. The van der Waals surface area contributed by atoms with Crippen LogP contribution >= 0.6 is 11.3 Å². The van der Waals surface area contributed by atoms with Crippen LogP contribution in [0.15, 0.2) is 64.4 Å². The maximum atomic E-state index is 12.1. The van der Waals surface area contributed by atoms with Gasteiger partial charge in [-0.2, -0.15) is 0 Å². The lowest BCUT2D eigenvalue weighted by atomic mass is 10.1. The van der Waals surface area contributed by atoms with Gasteiger partial charge in [-0.1, -0.05) is 42.5 Å². The van der Waals surface area contributed by atoms with Crippen molar-refractivity contribution in [3.05, 3.63) is 65.5 Å². The van der Waals surface area contributed by atoms with Crippen LogP contribution in [0, 0.1) is 0 Å². The highest BCUT2D eigenvalue weighted by Crippen LogP contribution is 2.34. The molecule has 0 radical (unpaired) electrons. The van der Waals surface area contributed by atoms with Gasteiger partial charge in [0.15, 0.2) is 22.2 Å². The highest BCUT2D eigenvalue weighted by atomic mass is 32.1. The van der Waals surface area contributed by atoms with Crippen molar-refractivity contribution in [2.24, 2.45) is 0 Å². The molecule has 4 rings (SSSR count). The summed E-state index contributed by atoms with van der Waals surface area (Å²) in [6.45, 7) is 0.553. The van der Waals surface area contributed by atoms with E-state index < -0.39 is 0 Å². The van der Waals surface area contributed by atoms with Gasteiger partial charge in [-0.25, -0.2) is 9.78 Å². The molecular weight excluding hydrogens is 374 g/mol. The molecule has 0 fully saturated rings. The summed E-state index contributed by atoms with van der Waals surface area (Å²) in [5.74, 6) is 1.31. The first-order valence-electron chi connectivity index (χ1n) is 8.84. The summed E-state index contributed by atoms with van der Waals surface area (Å²) in [5, 5.41) is 8.91. The van der Waals surface area contributed by atoms with Crippen LogP contribution in [0.5, 0.6) is 5.75 Å². The summed E-state index contributed by atoms with van der Waals surface area (Å²) in [6.07, 6.45) is 0.776. The van der Waals surface area contributed by atoms with Crippen LogP contribution in [0.25, 0.3) is 22.4 Å².